The first-order valence-electron chi connectivity index (χ1n) is 5.23. The summed E-state index contributed by atoms with van der Waals surface area (Å²) in [6, 6.07) is 14.0. The second-order valence-corrected chi connectivity index (χ2v) is 4.40. The number of hydrogen-bond acceptors (Lipinski definition) is 2. The van der Waals surface area contributed by atoms with Gasteiger partial charge in [0.05, 0.1) is 14.2 Å². The van der Waals surface area contributed by atoms with E-state index in [1.165, 1.54) is 0 Å². The maximum absolute atomic E-state index is 5.30. The highest BCUT2D eigenvalue weighted by Crippen LogP contribution is 2.34. The molecule has 0 aliphatic carbocycles. The summed E-state index contributed by atoms with van der Waals surface area (Å²) in [6.07, 6.45) is 0. The standard InChI is InChI=1S/C14H13BrO2/c1-16-13-8-7-10(9-14(13)17-2)11-5-3-4-6-12(11)15/h3-9H,1-2H3. The van der Waals surface area contributed by atoms with Crippen LogP contribution in [-0.2, 0) is 0 Å². The van der Waals surface area contributed by atoms with Crippen LogP contribution >= 0.6 is 15.9 Å². The van der Waals surface area contributed by atoms with E-state index in [-0.39, 0.29) is 0 Å². The number of ether oxygens (including phenoxy) is 2. The van der Waals surface area contributed by atoms with Crippen LogP contribution in [0.1, 0.15) is 0 Å². The topological polar surface area (TPSA) is 18.5 Å². The van der Waals surface area contributed by atoms with Gasteiger partial charge in [-0.25, -0.2) is 0 Å². The molecule has 2 aromatic carbocycles. The van der Waals surface area contributed by atoms with Crippen LogP contribution in [0, 0.1) is 0 Å². The van der Waals surface area contributed by atoms with Crippen LogP contribution in [0.4, 0.5) is 0 Å². The van der Waals surface area contributed by atoms with Crippen LogP contribution in [0.3, 0.4) is 0 Å². The van der Waals surface area contributed by atoms with Crippen molar-refractivity contribution in [2.24, 2.45) is 0 Å². The fourth-order valence-electron chi connectivity index (χ4n) is 1.70. The highest BCUT2D eigenvalue weighted by atomic mass is 79.9. The third-order valence-corrected chi connectivity index (χ3v) is 3.26. The summed E-state index contributed by atoms with van der Waals surface area (Å²) < 4.78 is 11.6. The van der Waals surface area contributed by atoms with E-state index in [4.69, 9.17) is 9.47 Å². The zero-order valence-electron chi connectivity index (χ0n) is 9.74. The molecule has 0 fully saturated rings. The monoisotopic (exact) mass is 292 g/mol. The van der Waals surface area contributed by atoms with Gasteiger partial charge in [-0.2, -0.15) is 0 Å². The second-order valence-electron chi connectivity index (χ2n) is 3.55. The Morgan fingerprint density at radius 3 is 2.24 bits per heavy atom. The Balaban J connectivity index is 2.50. The smallest absolute Gasteiger partial charge is 0.161 e. The van der Waals surface area contributed by atoms with Crippen molar-refractivity contribution < 1.29 is 9.47 Å². The number of halogens is 1. The lowest BCUT2D eigenvalue weighted by atomic mass is 10.1. The van der Waals surface area contributed by atoms with E-state index in [9.17, 15) is 0 Å². The highest BCUT2D eigenvalue weighted by molar-refractivity contribution is 9.10. The third-order valence-electron chi connectivity index (χ3n) is 2.57. The van der Waals surface area contributed by atoms with E-state index in [2.05, 4.69) is 22.0 Å². The maximum atomic E-state index is 5.30. The Hall–Kier alpha value is -1.48. The fourth-order valence-corrected chi connectivity index (χ4v) is 2.21. The average Bonchev–Trinajstić information content (AvgIpc) is 2.38. The van der Waals surface area contributed by atoms with Gasteiger partial charge >= 0.3 is 0 Å². The van der Waals surface area contributed by atoms with Gasteiger partial charge in [0.15, 0.2) is 11.5 Å². The fraction of sp³-hybridized carbons (Fsp3) is 0.143. The van der Waals surface area contributed by atoms with E-state index < -0.39 is 0 Å². The summed E-state index contributed by atoms with van der Waals surface area (Å²) in [6.45, 7) is 0. The van der Waals surface area contributed by atoms with Gasteiger partial charge in [-0.15, -0.1) is 0 Å². The molecule has 0 saturated carbocycles. The van der Waals surface area contributed by atoms with E-state index in [0.29, 0.717) is 0 Å². The Kier molecular flexibility index (Phi) is 3.69. The van der Waals surface area contributed by atoms with Gasteiger partial charge in [0.25, 0.3) is 0 Å². The largest absolute Gasteiger partial charge is 0.493 e. The lowest BCUT2D eigenvalue weighted by molar-refractivity contribution is 0.355. The Morgan fingerprint density at radius 2 is 1.59 bits per heavy atom. The quantitative estimate of drug-likeness (QED) is 0.847. The van der Waals surface area contributed by atoms with Gasteiger partial charge in [0, 0.05) is 4.47 Å². The number of rotatable bonds is 3. The summed E-state index contributed by atoms with van der Waals surface area (Å²) in [5.74, 6) is 1.48. The van der Waals surface area contributed by atoms with Crippen molar-refractivity contribution in [3.05, 3.63) is 46.9 Å². The predicted octanol–water partition coefficient (Wildman–Crippen LogP) is 4.13. The summed E-state index contributed by atoms with van der Waals surface area (Å²) in [7, 11) is 3.28. The van der Waals surface area contributed by atoms with Gasteiger partial charge in [0.1, 0.15) is 0 Å². The molecule has 3 heteroatoms. The van der Waals surface area contributed by atoms with Gasteiger partial charge in [0.2, 0.25) is 0 Å². The molecule has 0 amide bonds. The molecule has 0 spiro atoms. The number of benzene rings is 2. The molecule has 0 aromatic heterocycles. The van der Waals surface area contributed by atoms with Crippen LogP contribution in [0.2, 0.25) is 0 Å². The first kappa shape index (κ1) is 12.0. The Bertz CT molecular complexity index is 523. The molecular formula is C14H13BrO2. The van der Waals surface area contributed by atoms with E-state index in [1.54, 1.807) is 14.2 Å². The van der Waals surface area contributed by atoms with E-state index in [1.807, 2.05) is 36.4 Å². The minimum atomic E-state index is 0.737. The van der Waals surface area contributed by atoms with Crippen molar-refractivity contribution in [3.63, 3.8) is 0 Å². The normalized spacial score (nSPS) is 10.1. The van der Waals surface area contributed by atoms with Gasteiger partial charge < -0.3 is 9.47 Å². The zero-order chi connectivity index (χ0) is 12.3. The molecule has 0 bridgehead atoms. The van der Waals surface area contributed by atoms with Crippen LogP contribution in [-0.4, -0.2) is 14.2 Å². The second kappa shape index (κ2) is 5.23. The average molecular weight is 293 g/mol. The number of methoxy groups -OCH3 is 2. The molecule has 2 nitrogen and oxygen atoms in total. The molecule has 0 radical (unpaired) electrons. The lowest BCUT2D eigenvalue weighted by Crippen LogP contribution is -1.91. The maximum Gasteiger partial charge on any atom is 0.161 e. The Labute approximate surface area is 109 Å². The summed E-state index contributed by atoms with van der Waals surface area (Å²) in [4.78, 5) is 0. The van der Waals surface area contributed by atoms with Crippen molar-refractivity contribution in [1.29, 1.82) is 0 Å². The molecule has 0 atom stereocenters. The highest BCUT2D eigenvalue weighted by Gasteiger charge is 2.07. The molecule has 0 aliphatic rings. The minimum absolute atomic E-state index is 0.737. The zero-order valence-corrected chi connectivity index (χ0v) is 11.3. The van der Waals surface area contributed by atoms with Crippen molar-refractivity contribution in [2.75, 3.05) is 14.2 Å². The van der Waals surface area contributed by atoms with E-state index in [0.717, 1.165) is 27.1 Å². The summed E-state index contributed by atoms with van der Waals surface area (Å²) in [5, 5.41) is 0. The van der Waals surface area contributed by atoms with Crippen LogP contribution in [0.25, 0.3) is 11.1 Å². The SMILES string of the molecule is COc1ccc(-c2ccccc2Br)cc1OC. The van der Waals surface area contributed by atoms with Gasteiger partial charge in [-0.3, -0.25) is 0 Å². The van der Waals surface area contributed by atoms with Crippen molar-refractivity contribution in [2.45, 2.75) is 0 Å². The van der Waals surface area contributed by atoms with Crippen LogP contribution in [0.5, 0.6) is 11.5 Å². The molecule has 17 heavy (non-hydrogen) atoms. The molecular weight excluding hydrogens is 280 g/mol. The molecule has 0 unspecified atom stereocenters. The van der Waals surface area contributed by atoms with E-state index >= 15 is 0 Å². The lowest BCUT2D eigenvalue weighted by Gasteiger charge is -2.10. The van der Waals surface area contributed by atoms with Gasteiger partial charge in [-0.1, -0.05) is 40.2 Å². The first-order chi connectivity index (χ1) is 8.26. The molecule has 0 aliphatic heterocycles. The van der Waals surface area contributed by atoms with Crippen molar-refractivity contribution in [3.8, 4) is 22.6 Å². The summed E-state index contributed by atoms with van der Waals surface area (Å²) >= 11 is 3.54. The van der Waals surface area contributed by atoms with Gasteiger partial charge in [-0.05, 0) is 29.3 Å². The first-order valence-corrected chi connectivity index (χ1v) is 6.02. The molecule has 88 valence electrons. The van der Waals surface area contributed by atoms with Crippen molar-refractivity contribution >= 4 is 15.9 Å². The molecule has 2 aromatic rings. The molecule has 0 saturated heterocycles. The van der Waals surface area contributed by atoms with Crippen molar-refractivity contribution in [1.82, 2.24) is 0 Å². The van der Waals surface area contributed by atoms with Crippen LogP contribution in [0.15, 0.2) is 46.9 Å². The number of hydrogen-bond donors (Lipinski definition) is 0. The molecule has 0 N–H and O–H groups in total. The minimum Gasteiger partial charge on any atom is -0.493 e. The predicted molar refractivity (Wildman–Crippen MR) is 72.7 cm³/mol. The third kappa shape index (κ3) is 2.44. The Morgan fingerprint density at radius 1 is 0.882 bits per heavy atom. The molecule has 2 rings (SSSR count). The molecule has 0 heterocycles. The van der Waals surface area contributed by atoms with Crippen LogP contribution < -0.4 is 9.47 Å². The summed E-state index contributed by atoms with van der Waals surface area (Å²) in [5.41, 5.74) is 2.23.